The van der Waals surface area contributed by atoms with E-state index in [0.717, 1.165) is 20.6 Å². The van der Waals surface area contributed by atoms with Crippen molar-refractivity contribution in [2.75, 3.05) is 5.32 Å². The van der Waals surface area contributed by atoms with Crippen LogP contribution in [0.4, 0.5) is 5.69 Å². The molecule has 0 saturated heterocycles. The van der Waals surface area contributed by atoms with Crippen molar-refractivity contribution in [3.05, 3.63) is 49.1 Å². The summed E-state index contributed by atoms with van der Waals surface area (Å²) in [5.74, 6) is -0.881. The van der Waals surface area contributed by atoms with Crippen LogP contribution in [0.2, 0.25) is 5.02 Å². The fourth-order valence-corrected chi connectivity index (χ4v) is 2.98. The van der Waals surface area contributed by atoms with Crippen LogP contribution in [-0.4, -0.2) is 11.1 Å². The lowest BCUT2D eigenvalue weighted by molar-refractivity contribution is 0.0702. The molecule has 2 N–H and O–H groups in total. The molecule has 2 aromatic rings. The predicted octanol–water partition coefficient (Wildman–Crippen LogP) is 4.78. The molecular weight excluding hydrogens is 350 g/mol. The van der Waals surface area contributed by atoms with Gasteiger partial charge in [-0.05, 0) is 52.7 Å². The van der Waals surface area contributed by atoms with E-state index in [0.29, 0.717) is 16.4 Å². The number of nitrogens with one attached hydrogen (secondary N) is 1. The van der Waals surface area contributed by atoms with Gasteiger partial charge in [-0.15, -0.1) is 11.3 Å². The smallest absolute Gasteiger partial charge is 0.345 e. The van der Waals surface area contributed by atoms with Gasteiger partial charge in [-0.2, -0.15) is 0 Å². The average Bonchev–Trinajstić information content (AvgIpc) is 2.73. The van der Waals surface area contributed by atoms with Crippen LogP contribution in [-0.2, 0) is 6.54 Å². The summed E-state index contributed by atoms with van der Waals surface area (Å²) in [5.41, 5.74) is 1.92. The molecule has 1 heterocycles. The Morgan fingerprint density at radius 1 is 1.47 bits per heavy atom. The number of carboxylic acids is 1. The number of aryl methyl sites for hydroxylation is 1. The van der Waals surface area contributed by atoms with E-state index in [9.17, 15) is 4.79 Å². The van der Waals surface area contributed by atoms with E-state index < -0.39 is 5.97 Å². The molecular formula is C13H11BrClNO2S. The van der Waals surface area contributed by atoms with Gasteiger partial charge in [-0.3, -0.25) is 0 Å². The molecule has 0 fully saturated rings. The number of thiophene rings is 1. The summed E-state index contributed by atoms with van der Waals surface area (Å²) in [4.78, 5) is 12.3. The summed E-state index contributed by atoms with van der Waals surface area (Å²) in [5, 5.41) is 12.8. The molecule has 0 aliphatic carbocycles. The highest BCUT2D eigenvalue weighted by Crippen LogP contribution is 2.27. The number of benzene rings is 1. The predicted molar refractivity (Wildman–Crippen MR) is 82.5 cm³/mol. The number of aromatic carboxylic acids is 1. The zero-order valence-electron chi connectivity index (χ0n) is 10.0. The molecule has 6 heteroatoms. The first-order valence-electron chi connectivity index (χ1n) is 5.49. The van der Waals surface area contributed by atoms with Gasteiger partial charge in [0, 0.05) is 21.6 Å². The minimum atomic E-state index is -0.881. The van der Waals surface area contributed by atoms with E-state index in [1.807, 2.05) is 19.1 Å². The zero-order valence-corrected chi connectivity index (χ0v) is 13.2. The summed E-state index contributed by atoms with van der Waals surface area (Å²) < 4.78 is 0.826. The van der Waals surface area contributed by atoms with Crippen molar-refractivity contribution in [1.82, 2.24) is 0 Å². The summed E-state index contributed by atoms with van der Waals surface area (Å²) in [6, 6.07) is 7.28. The van der Waals surface area contributed by atoms with Gasteiger partial charge >= 0.3 is 5.97 Å². The van der Waals surface area contributed by atoms with Crippen molar-refractivity contribution < 1.29 is 9.90 Å². The van der Waals surface area contributed by atoms with E-state index >= 15 is 0 Å². The molecule has 0 saturated carbocycles. The third kappa shape index (κ3) is 3.49. The van der Waals surface area contributed by atoms with Crippen molar-refractivity contribution >= 4 is 50.5 Å². The molecule has 0 atom stereocenters. The number of halogens is 2. The fourth-order valence-electron chi connectivity index (χ4n) is 1.60. The average molecular weight is 361 g/mol. The Balaban J connectivity index is 2.09. The number of rotatable bonds is 4. The van der Waals surface area contributed by atoms with Crippen LogP contribution < -0.4 is 5.32 Å². The Morgan fingerprint density at radius 2 is 2.21 bits per heavy atom. The van der Waals surface area contributed by atoms with E-state index in [4.69, 9.17) is 16.7 Å². The molecule has 1 aromatic heterocycles. The highest BCUT2D eigenvalue weighted by molar-refractivity contribution is 9.10. The molecule has 0 amide bonds. The molecule has 100 valence electrons. The summed E-state index contributed by atoms with van der Waals surface area (Å²) >= 11 is 10.6. The van der Waals surface area contributed by atoms with Crippen LogP contribution in [0.1, 0.15) is 20.1 Å². The second-order valence-corrected chi connectivity index (χ2v) is 6.50. The van der Waals surface area contributed by atoms with Crippen molar-refractivity contribution in [2.45, 2.75) is 13.5 Å². The standard InChI is InChI=1S/C13H11BrClNO2S/c1-7-8(4-12(19-7)13(17)18)6-16-9-2-3-11(15)10(14)5-9/h2-5,16H,6H2,1H3,(H,17,18). The van der Waals surface area contributed by atoms with E-state index in [2.05, 4.69) is 21.2 Å². The van der Waals surface area contributed by atoms with Gasteiger partial charge in [0.1, 0.15) is 4.88 Å². The van der Waals surface area contributed by atoms with Crippen molar-refractivity contribution in [3.63, 3.8) is 0 Å². The second-order valence-electron chi connectivity index (χ2n) is 3.98. The maximum atomic E-state index is 10.9. The van der Waals surface area contributed by atoms with Crippen molar-refractivity contribution in [1.29, 1.82) is 0 Å². The third-order valence-electron chi connectivity index (χ3n) is 2.63. The van der Waals surface area contributed by atoms with Gasteiger partial charge in [-0.25, -0.2) is 4.79 Å². The van der Waals surface area contributed by atoms with Crippen molar-refractivity contribution in [3.8, 4) is 0 Å². The molecule has 1 aromatic carbocycles. The molecule has 0 aliphatic rings. The molecule has 0 spiro atoms. The van der Waals surface area contributed by atoms with E-state index in [1.54, 1.807) is 12.1 Å². The van der Waals surface area contributed by atoms with Crippen molar-refractivity contribution in [2.24, 2.45) is 0 Å². The van der Waals surface area contributed by atoms with Crippen LogP contribution in [0.5, 0.6) is 0 Å². The Kier molecular flexibility index (Phi) is 4.50. The lowest BCUT2D eigenvalue weighted by Gasteiger charge is -2.07. The number of carbonyl (C=O) groups is 1. The highest BCUT2D eigenvalue weighted by atomic mass is 79.9. The second kappa shape index (κ2) is 5.94. The molecule has 2 rings (SSSR count). The van der Waals surface area contributed by atoms with Gasteiger partial charge in [0.05, 0.1) is 5.02 Å². The molecule has 3 nitrogen and oxygen atoms in total. The molecule has 19 heavy (non-hydrogen) atoms. The third-order valence-corrected chi connectivity index (χ3v) is 4.93. The van der Waals surface area contributed by atoms with E-state index in [-0.39, 0.29) is 0 Å². The maximum absolute atomic E-state index is 10.9. The van der Waals surface area contributed by atoms with Crippen LogP contribution >= 0.6 is 38.9 Å². The summed E-state index contributed by atoms with van der Waals surface area (Å²) in [7, 11) is 0. The maximum Gasteiger partial charge on any atom is 0.345 e. The van der Waals surface area contributed by atoms with Gasteiger partial charge in [0.15, 0.2) is 0 Å². The lowest BCUT2D eigenvalue weighted by Crippen LogP contribution is -1.99. The van der Waals surface area contributed by atoms with Gasteiger partial charge in [0.25, 0.3) is 0 Å². The minimum absolute atomic E-state index is 0.367. The van der Waals surface area contributed by atoms with E-state index in [1.165, 1.54) is 11.3 Å². The number of hydrogen-bond acceptors (Lipinski definition) is 3. The molecule has 0 radical (unpaired) electrons. The first-order valence-corrected chi connectivity index (χ1v) is 7.47. The topological polar surface area (TPSA) is 49.3 Å². The quantitative estimate of drug-likeness (QED) is 0.824. The number of hydrogen-bond donors (Lipinski definition) is 2. The SMILES string of the molecule is Cc1sc(C(=O)O)cc1CNc1ccc(Cl)c(Br)c1. The Morgan fingerprint density at radius 3 is 2.79 bits per heavy atom. The van der Waals surface area contributed by atoms with Gasteiger partial charge in [-0.1, -0.05) is 11.6 Å². The Labute approximate surface area is 128 Å². The number of anilines is 1. The Hall–Kier alpha value is -1.04. The molecule has 0 bridgehead atoms. The van der Waals surface area contributed by atoms with Crippen LogP contribution in [0.3, 0.4) is 0 Å². The molecule has 0 aliphatic heterocycles. The highest BCUT2D eigenvalue weighted by Gasteiger charge is 2.10. The summed E-state index contributed by atoms with van der Waals surface area (Å²) in [6.45, 7) is 2.51. The first kappa shape index (κ1) is 14.4. The van der Waals surface area contributed by atoms with Gasteiger partial charge in [0.2, 0.25) is 0 Å². The normalized spacial score (nSPS) is 10.5. The van der Waals surface area contributed by atoms with Crippen LogP contribution in [0.25, 0.3) is 0 Å². The van der Waals surface area contributed by atoms with Crippen LogP contribution in [0.15, 0.2) is 28.7 Å². The molecule has 0 unspecified atom stereocenters. The van der Waals surface area contributed by atoms with Crippen LogP contribution in [0, 0.1) is 6.92 Å². The Bertz CT molecular complexity index is 627. The first-order chi connectivity index (χ1) is 8.97. The largest absolute Gasteiger partial charge is 0.477 e. The lowest BCUT2D eigenvalue weighted by atomic mass is 10.2. The summed E-state index contributed by atoms with van der Waals surface area (Å²) in [6.07, 6.45) is 0. The number of carboxylic acid groups (broad SMARTS) is 1. The van der Waals surface area contributed by atoms with Gasteiger partial charge < -0.3 is 10.4 Å². The fraction of sp³-hybridized carbons (Fsp3) is 0.154. The minimum Gasteiger partial charge on any atom is -0.477 e. The monoisotopic (exact) mass is 359 g/mol. The zero-order chi connectivity index (χ0) is 14.0.